The minimum Gasteiger partial charge on any atom is -1.00 e. The van der Waals surface area contributed by atoms with Crippen LogP contribution in [0.3, 0.4) is 0 Å². The van der Waals surface area contributed by atoms with Crippen LogP contribution in [-0.4, -0.2) is 30.2 Å². The molecule has 3 aliphatic rings. The molecule has 4 nitrogen and oxygen atoms in total. The molecule has 0 aromatic heterocycles. The molecule has 30 heavy (non-hydrogen) atoms. The van der Waals surface area contributed by atoms with Crippen molar-refractivity contribution in [2.24, 2.45) is 5.41 Å². The minimum absolute atomic E-state index is 0. The van der Waals surface area contributed by atoms with Gasteiger partial charge in [0.25, 0.3) is 0 Å². The van der Waals surface area contributed by atoms with Crippen LogP contribution in [-0.2, 0) is 41.6 Å². The van der Waals surface area contributed by atoms with Crippen molar-refractivity contribution in [3.05, 3.63) is 41.4 Å². The predicted molar refractivity (Wildman–Crippen MR) is 114 cm³/mol. The van der Waals surface area contributed by atoms with Crippen molar-refractivity contribution in [3.63, 3.8) is 0 Å². The predicted octanol–water partition coefficient (Wildman–Crippen LogP) is -0.149. The molecule has 0 unspecified atom stereocenters. The van der Waals surface area contributed by atoms with E-state index in [1.165, 1.54) is 11.1 Å². The Morgan fingerprint density at radius 1 is 0.767 bits per heavy atom. The number of allylic oxidation sites excluding steroid dienone is 6. The third kappa shape index (κ3) is 6.69. The fraction of sp³-hybridized carbons (Fsp3) is 0.619. The van der Waals surface area contributed by atoms with Crippen molar-refractivity contribution >= 4 is 16.6 Å². The number of hydrogen-bond acceptors (Lipinski definition) is 4. The van der Waals surface area contributed by atoms with Crippen LogP contribution in [0.1, 0.15) is 26.7 Å². The van der Waals surface area contributed by atoms with E-state index in [0.29, 0.717) is 13.6 Å². The van der Waals surface area contributed by atoms with E-state index in [2.05, 4.69) is 65.3 Å². The molecule has 0 amide bonds. The van der Waals surface area contributed by atoms with E-state index >= 15 is 0 Å². The van der Waals surface area contributed by atoms with E-state index in [4.69, 9.17) is 18.3 Å². The first-order chi connectivity index (χ1) is 12.9. The SMILES string of the molecule is CC1(C)C2=[C](CC=C2OCO[Si](C)(C)C)[Zr+2][C]2=C1C(OCO[Si](C)(C)C)=CC2.[Cl-].[Cl-]. The van der Waals surface area contributed by atoms with Gasteiger partial charge < -0.3 is 24.8 Å². The second kappa shape index (κ2) is 10.5. The maximum Gasteiger partial charge on any atom is -1.00 e. The van der Waals surface area contributed by atoms with E-state index in [9.17, 15) is 0 Å². The molecular formula is C21H34Cl2O4Si2Zr. The molecule has 0 N–H and O–H groups in total. The Morgan fingerprint density at radius 2 is 1.13 bits per heavy atom. The third-order valence-corrected chi connectivity index (χ3v) is 10.7. The zero-order valence-electron chi connectivity index (χ0n) is 19.4. The van der Waals surface area contributed by atoms with Crippen molar-refractivity contribution < 1.29 is 66.4 Å². The van der Waals surface area contributed by atoms with Crippen LogP contribution in [0.25, 0.3) is 0 Å². The van der Waals surface area contributed by atoms with E-state index in [0.717, 1.165) is 24.4 Å². The summed E-state index contributed by atoms with van der Waals surface area (Å²) in [6, 6.07) is 0. The Kier molecular flexibility index (Phi) is 9.98. The molecule has 0 fully saturated rings. The Bertz CT molecular complexity index is 713. The molecule has 9 heteroatoms. The number of ether oxygens (including phenoxy) is 2. The van der Waals surface area contributed by atoms with Gasteiger partial charge in [0.15, 0.2) is 0 Å². The molecule has 0 saturated carbocycles. The first-order valence-corrected chi connectivity index (χ1v) is 19.3. The van der Waals surface area contributed by atoms with Crippen molar-refractivity contribution in [3.8, 4) is 0 Å². The standard InChI is InChI=1S/C21H34O4Si2.2ClH.Zr/c1-21(2,17-11-9-13-19(17)22-15-24-26(3,4)5)18-12-10-14-20(18)23-16-25-27(6,7)8;;;/h13-14H,9-10,15-16H2,1-8H3;2*1H;/q;;;+2/p-2. The quantitative estimate of drug-likeness (QED) is 0.302. The number of rotatable bonds is 8. The van der Waals surface area contributed by atoms with Crippen LogP contribution in [0.15, 0.2) is 41.4 Å². The Morgan fingerprint density at radius 3 is 1.47 bits per heavy atom. The van der Waals surface area contributed by atoms with Crippen LogP contribution in [0.5, 0.6) is 0 Å². The monoisotopic (exact) mass is 566 g/mol. The first kappa shape index (κ1) is 28.4. The number of hydrogen-bond donors (Lipinski definition) is 0. The molecule has 1 aliphatic heterocycles. The van der Waals surface area contributed by atoms with Crippen LogP contribution in [0.2, 0.25) is 39.3 Å². The summed E-state index contributed by atoms with van der Waals surface area (Å²) in [4.78, 5) is 0. The summed E-state index contributed by atoms with van der Waals surface area (Å²) in [6.07, 6.45) is 6.64. The zero-order chi connectivity index (χ0) is 20.7. The topological polar surface area (TPSA) is 36.9 Å². The van der Waals surface area contributed by atoms with E-state index in [1.54, 1.807) is 6.56 Å². The van der Waals surface area contributed by atoms with Crippen molar-refractivity contribution in [1.82, 2.24) is 0 Å². The average Bonchev–Trinajstić information content (AvgIpc) is 3.10. The summed E-state index contributed by atoms with van der Waals surface area (Å²) in [5.74, 6) is 2.07. The van der Waals surface area contributed by atoms with Gasteiger partial charge in [-0.2, -0.15) is 0 Å². The fourth-order valence-electron chi connectivity index (χ4n) is 3.80. The largest absolute Gasteiger partial charge is 1.00 e. The summed E-state index contributed by atoms with van der Waals surface area (Å²) < 4.78 is 27.5. The fourth-order valence-corrected chi connectivity index (χ4v) is 9.28. The Hall–Kier alpha value is 0.377. The van der Waals surface area contributed by atoms with Crippen molar-refractivity contribution in [2.75, 3.05) is 13.6 Å². The van der Waals surface area contributed by atoms with E-state index in [-0.39, 0.29) is 30.2 Å². The van der Waals surface area contributed by atoms with Crippen LogP contribution < -0.4 is 24.8 Å². The molecule has 2 aliphatic carbocycles. The van der Waals surface area contributed by atoms with Gasteiger partial charge in [0.2, 0.25) is 0 Å². The summed E-state index contributed by atoms with van der Waals surface area (Å²) in [7, 11) is -3.16. The molecule has 0 radical (unpaired) electrons. The van der Waals surface area contributed by atoms with Crippen molar-refractivity contribution in [1.29, 1.82) is 0 Å². The molecule has 0 saturated heterocycles. The van der Waals surface area contributed by atoms with E-state index < -0.39 is 39.9 Å². The smallest absolute Gasteiger partial charge is 1.00 e. The molecule has 0 aromatic rings. The minimum atomic E-state index is -1.58. The summed E-state index contributed by atoms with van der Waals surface area (Å²) in [5.41, 5.74) is 2.71. The van der Waals surface area contributed by atoms with E-state index in [1.807, 2.05) is 0 Å². The number of halogens is 2. The normalized spacial score (nSPS) is 19.5. The van der Waals surface area contributed by atoms with Crippen LogP contribution >= 0.6 is 0 Å². The molecule has 0 spiro atoms. The Balaban J connectivity index is 0.00000225. The second-order valence-electron chi connectivity index (χ2n) is 10.0. The van der Waals surface area contributed by atoms with Gasteiger partial charge in [-0.1, -0.05) is 0 Å². The molecule has 0 aromatic carbocycles. The van der Waals surface area contributed by atoms with Gasteiger partial charge in [0.05, 0.1) is 0 Å². The first-order valence-electron chi connectivity index (χ1n) is 10.1. The van der Waals surface area contributed by atoms with Crippen LogP contribution in [0.4, 0.5) is 0 Å². The van der Waals surface area contributed by atoms with Crippen molar-refractivity contribution in [2.45, 2.75) is 66.0 Å². The molecule has 168 valence electrons. The van der Waals surface area contributed by atoms with Gasteiger partial charge in [0, 0.05) is 0 Å². The Labute approximate surface area is 208 Å². The summed E-state index contributed by atoms with van der Waals surface area (Å²) in [6.45, 7) is 18.5. The second-order valence-corrected chi connectivity index (χ2v) is 22.6. The zero-order valence-corrected chi connectivity index (χ0v) is 25.3. The summed E-state index contributed by atoms with van der Waals surface area (Å²) >= 11 is -0.762. The van der Waals surface area contributed by atoms with Gasteiger partial charge >= 0.3 is 185 Å². The molecule has 3 rings (SSSR count). The average molecular weight is 569 g/mol. The molecule has 0 atom stereocenters. The van der Waals surface area contributed by atoms with Gasteiger partial charge in [-0.15, -0.1) is 0 Å². The molecule has 0 bridgehead atoms. The van der Waals surface area contributed by atoms with Gasteiger partial charge in [-0.25, -0.2) is 0 Å². The van der Waals surface area contributed by atoms with Gasteiger partial charge in [0.1, 0.15) is 0 Å². The van der Waals surface area contributed by atoms with Crippen LogP contribution in [0, 0.1) is 5.41 Å². The van der Waals surface area contributed by atoms with Gasteiger partial charge in [-0.05, 0) is 0 Å². The van der Waals surface area contributed by atoms with Gasteiger partial charge in [-0.3, -0.25) is 0 Å². The third-order valence-electron chi connectivity index (χ3n) is 5.04. The summed E-state index contributed by atoms with van der Waals surface area (Å²) in [5, 5.41) is 0. The molecule has 1 heterocycles. The molecular weight excluding hydrogens is 535 g/mol. The maximum absolute atomic E-state index is 6.13. The maximum atomic E-state index is 6.13.